The first-order chi connectivity index (χ1) is 39.6. The monoisotopic (exact) mass is 1140 g/mol. The first kappa shape index (κ1) is 57.5. The average Bonchev–Trinajstić information content (AvgIpc) is 1.70. The van der Waals surface area contributed by atoms with Crippen molar-refractivity contribution in [1.82, 2.24) is 0 Å². The van der Waals surface area contributed by atoms with E-state index in [1.807, 2.05) is 11.3 Å². The van der Waals surface area contributed by atoms with Crippen molar-refractivity contribution in [3.05, 3.63) is 190 Å². The molecule has 0 fully saturated rings. The molecule has 2 aliphatic carbocycles. The van der Waals surface area contributed by atoms with Gasteiger partial charge in [0, 0.05) is 61.0 Å². The minimum Gasteiger partial charge on any atom is -0.311 e. The van der Waals surface area contributed by atoms with E-state index in [1.165, 1.54) is 122 Å². The van der Waals surface area contributed by atoms with Crippen LogP contribution in [0.15, 0.2) is 146 Å². The molecule has 3 nitrogen and oxygen atoms in total. The van der Waals surface area contributed by atoms with Gasteiger partial charge in [-0.3, -0.25) is 0 Å². The van der Waals surface area contributed by atoms with E-state index in [-0.39, 0.29) is 50.0 Å². The molecule has 13 rings (SSSR count). The van der Waals surface area contributed by atoms with Gasteiger partial charge in [-0.15, -0.1) is 11.3 Å². The Hall–Kier alpha value is -6.56. The molecule has 0 unspecified atom stereocenters. The molecule has 0 N–H and O–H groups in total. The third-order valence-electron chi connectivity index (χ3n) is 20.8. The molecule has 0 spiro atoms. The van der Waals surface area contributed by atoms with Crippen LogP contribution >= 0.6 is 11.3 Å². The van der Waals surface area contributed by atoms with Gasteiger partial charge in [0.25, 0.3) is 6.71 Å². The summed E-state index contributed by atoms with van der Waals surface area (Å²) in [4.78, 5) is 8.00. The molecule has 85 heavy (non-hydrogen) atoms. The van der Waals surface area contributed by atoms with Crippen LogP contribution in [0.2, 0.25) is 0 Å². The summed E-state index contributed by atoms with van der Waals surface area (Å²) in [5.41, 5.74) is 26.4. The molecular weight excluding hydrogens is 1050 g/mol. The van der Waals surface area contributed by atoms with Gasteiger partial charge < -0.3 is 14.7 Å². The van der Waals surface area contributed by atoms with Gasteiger partial charge >= 0.3 is 0 Å². The van der Waals surface area contributed by atoms with E-state index < -0.39 is 0 Å². The van der Waals surface area contributed by atoms with E-state index in [0.717, 1.165) is 36.3 Å². The van der Waals surface area contributed by atoms with Crippen molar-refractivity contribution in [3.63, 3.8) is 0 Å². The molecule has 436 valence electrons. The lowest BCUT2D eigenvalue weighted by atomic mass is 9.33. The van der Waals surface area contributed by atoms with Crippen LogP contribution in [0.4, 0.5) is 51.2 Å². The van der Waals surface area contributed by atoms with Crippen LogP contribution in [0, 0.1) is 0 Å². The first-order valence-electron chi connectivity index (χ1n) is 31.9. The zero-order chi connectivity index (χ0) is 60.7. The van der Waals surface area contributed by atoms with Crippen molar-refractivity contribution < 1.29 is 0 Å². The molecule has 2 aliphatic heterocycles. The molecule has 9 aromatic rings. The fourth-order valence-corrected chi connectivity index (χ4v) is 16.4. The Labute approximate surface area is 515 Å². The minimum atomic E-state index is -0.178. The van der Waals surface area contributed by atoms with Gasteiger partial charge in [-0.1, -0.05) is 205 Å². The maximum absolute atomic E-state index is 2.75. The molecule has 0 bridgehead atoms. The number of rotatable bonds is 5. The average molecular weight is 1140 g/mol. The van der Waals surface area contributed by atoms with Crippen molar-refractivity contribution in [2.45, 2.75) is 207 Å². The van der Waals surface area contributed by atoms with E-state index in [9.17, 15) is 0 Å². The van der Waals surface area contributed by atoms with Gasteiger partial charge in [0.05, 0.1) is 10.4 Å². The molecule has 1 aromatic heterocycles. The SMILES string of the molecule is CC(C)(C)c1ccc(N(c2ccc(C(C)(C)C)cc2)c2ccc3c(c2)N(c2ccc(C(C)(C)C)c4c2sc2ccccc24)c2cc(C(C)(C)C)cc4c2B3c2cc3c(cc2N4c2ccc4c(c2)C(C)(C)CCC4(C)C)C(C)(C)CCC3(C)C)cc1. The summed E-state index contributed by atoms with van der Waals surface area (Å²) in [6.07, 6.45) is 4.65. The zero-order valence-corrected chi connectivity index (χ0v) is 55.8. The topological polar surface area (TPSA) is 9.72 Å². The van der Waals surface area contributed by atoms with E-state index in [2.05, 4.69) is 299 Å². The number of nitrogens with zero attached hydrogens (tertiary/aromatic N) is 3. The molecule has 4 aliphatic rings. The van der Waals surface area contributed by atoms with Crippen molar-refractivity contribution in [2.24, 2.45) is 0 Å². The summed E-state index contributed by atoms with van der Waals surface area (Å²) in [5.74, 6) is 0. The van der Waals surface area contributed by atoms with Crippen LogP contribution in [0.3, 0.4) is 0 Å². The number of anilines is 9. The molecular formula is C80H92BN3S. The van der Waals surface area contributed by atoms with E-state index in [1.54, 1.807) is 0 Å². The summed E-state index contributed by atoms with van der Waals surface area (Å²) in [6, 6.07) is 58.7. The van der Waals surface area contributed by atoms with Crippen LogP contribution in [0.5, 0.6) is 0 Å². The smallest absolute Gasteiger partial charge is 0.252 e. The normalized spacial score (nSPS) is 17.5. The van der Waals surface area contributed by atoms with Crippen LogP contribution in [0.1, 0.15) is 209 Å². The van der Waals surface area contributed by atoms with Crippen LogP contribution in [0.25, 0.3) is 20.2 Å². The van der Waals surface area contributed by atoms with Crippen LogP contribution < -0.4 is 31.1 Å². The Balaban J connectivity index is 1.17. The molecule has 3 heterocycles. The van der Waals surface area contributed by atoms with E-state index >= 15 is 0 Å². The number of thiophene rings is 1. The second-order valence-corrected chi connectivity index (χ2v) is 33.9. The van der Waals surface area contributed by atoms with Crippen LogP contribution in [-0.4, -0.2) is 6.71 Å². The second kappa shape index (κ2) is 19.0. The number of benzene rings is 8. The van der Waals surface area contributed by atoms with Crippen molar-refractivity contribution in [3.8, 4) is 0 Å². The van der Waals surface area contributed by atoms with Gasteiger partial charge in [0.1, 0.15) is 0 Å². The number of fused-ring (bicyclic) bond motifs is 9. The predicted molar refractivity (Wildman–Crippen MR) is 373 cm³/mol. The first-order valence-corrected chi connectivity index (χ1v) is 32.7. The number of hydrogen-bond donors (Lipinski definition) is 0. The zero-order valence-electron chi connectivity index (χ0n) is 55.0. The Kier molecular flexibility index (Phi) is 12.8. The Morgan fingerprint density at radius 3 is 1.45 bits per heavy atom. The third kappa shape index (κ3) is 9.32. The molecule has 8 aromatic carbocycles. The summed E-state index contributed by atoms with van der Waals surface area (Å²) < 4.78 is 2.65. The molecule has 0 amide bonds. The van der Waals surface area contributed by atoms with E-state index in [0.29, 0.717) is 0 Å². The predicted octanol–water partition coefficient (Wildman–Crippen LogP) is 21.5. The highest BCUT2D eigenvalue weighted by atomic mass is 32.1. The minimum absolute atomic E-state index is 0.00584. The third-order valence-corrected chi connectivity index (χ3v) is 22.0. The largest absolute Gasteiger partial charge is 0.311 e. The highest BCUT2D eigenvalue weighted by molar-refractivity contribution is 7.26. The van der Waals surface area contributed by atoms with Gasteiger partial charge in [-0.05, 0) is 209 Å². The lowest BCUT2D eigenvalue weighted by molar-refractivity contribution is 0.332. The Morgan fingerprint density at radius 1 is 0.400 bits per heavy atom. The molecule has 0 atom stereocenters. The Morgan fingerprint density at radius 2 is 0.894 bits per heavy atom. The van der Waals surface area contributed by atoms with Gasteiger partial charge in [0.15, 0.2) is 0 Å². The lowest BCUT2D eigenvalue weighted by Gasteiger charge is -2.48. The van der Waals surface area contributed by atoms with Crippen LogP contribution in [-0.2, 0) is 43.3 Å². The lowest BCUT2D eigenvalue weighted by Crippen LogP contribution is -2.62. The number of hydrogen-bond acceptors (Lipinski definition) is 4. The van der Waals surface area contributed by atoms with Gasteiger partial charge in [-0.2, -0.15) is 0 Å². The summed E-state index contributed by atoms with van der Waals surface area (Å²) in [6.45, 7) is 48.1. The maximum atomic E-state index is 2.75. The summed E-state index contributed by atoms with van der Waals surface area (Å²) in [7, 11) is 0. The summed E-state index contributed by atoms with van der Waals surface area (Å²) in [5, 5.41) is 2.70. The molecule has 0 radical (unpaired) electrons. The van der Waals surface area contributed by atoms with Crippen molar-refractivity contribution in [1.29, 1.82) is 0 Å². The molecule has 0 saturated heterocycles. The van der Waals surface area contributed by atoms with Crippen molar-refractivity contribution in [2.75, 3.05) is 14.7 Å². The standard InChI is InChI=1S/C80H92BN3S/c1-73(2,3)49-25-29-52(30-26-49)82(53-31-27-50(28-32-53)74(4,5)6)55-34-37-62-65(46-55)84(64-38-36-58(76(10,11)12)70-56-23-21-22-24-69(56)85-72(64)70)68-44-51(75(7,8)9)43-67-71(68)81(62)63-47-60-61(80(19,20)42-41-79(60,17)18)48-66(63)83(67)54-33-35-57-59(45-54)78(15,16)40-39-77(57,13)14/h21-38,43-48H,39-42H2,1-20H3. The van der Waals surface area contributed by atoms with Gasteiger partial charge in [-0.25, -0.2) is 0 Å². The second-order valence-electron chi connectivity index (χ2n) is 32.9. The Bertz CT molecular complexity index is 4120. The quantitative estimate of drug-likeness (QED) is 0.159. The molecule has 0 saturated carbocycles. The maximum Gasteiger partial charge on any atom is 0.252 e. The van der Waals surface area contributed by atoms with Crippen molar-refractivity contribution >= 4 is 106 Å². The van der Waals surface area contributed by atoms with E-state index in [4.69, 9.17) is 0 Å². The highest BCUT2D eigenvalue weighted by Crippen LogP contribution is 2.56. The van der Waals surface area contributed by atoms with Gasteiger partial charge in [0.2, 0.25) is 0 Å². The molecule has 5 heteroatoms. The fraction of sp³-hybridized carbons (Fsp3) is 0.400. The fourth-order valence-electron chi connectivity index (χ4n) is 15.2. The highest BCUT2D eigenvalue weighted by Gasteiger charge is 2.48. The summed E-state index contributed by atoms with van der Waals surface area (Å²) >= 11 is 1.96.